The van der Waals surface area contributed by atoms with Crippen LogP contribution in [0.3, 0.4) is 0 Å². The van der Waals surface area contributed by atoms with Gasteiger partial charge in [-0.05, 0) is 62.9 Å². The molecule has 1 saturated carbocycles. The van der Waals surface area contributed by atoms with Crippen LogP contribution in [0.15, 0.2) is 24.3 Å². The Hall–Kier alpha value is -2.12. The molecule has 7 heteroatoms. The average molecular weight is 375 g/mol. The van der Waals surface area contributed by atoms with E-state index in [9.17, 15) is 9.59 Å². The summed E-state index contributed by atoms with van der Waals surface area (Å²) in [5.41, 5.74) is 0.395. The molecule has 1 aliphatic carbocycles. The fourth-order valence-corrected chi connectivity index (χ4v) is 3.23. The van der Waals surface area contributed by atoms with Crippen LogP contribution in [0.2, 0.25) is 0 Å². The van der Waals surface area contributed by atoms with Gasteiger partial charge in [0.2, 0.25) is 0 Å². The van der Waals surface area contributed by atoms with E-state index in [0.29, 0.717) is 31.2 Å². The average Bonchev–Trinajstić information content (AvgIpc) is 3.51. The molecule has 148 valence electrons. The Morgan fingerprint density at radius 3 is 2.52 bits per heavy atom. The number of hydrogen-bond donors (Lipinski definition) is 3. The van der Waals surface area contributed by atoms with E-state index in [-0.39, 0.29) is 18.4 Å². The van der Waals surface area contributed by atoms with Crippen LogP contribution in [-0.4, -0.2) is 56.8 Å². The van der Waals surface area contributed by atoms with E-state index in [0.717, 1.165) is 37.9 Å². The Bertz CT molecular complexity index is 637. The number of methoxy groups -OCH3 is 1. The molecule has 1 heterocycles. The van der Waals surface area contributed by atoms with Gasteiger partial charge in [-0.1, -0.05) is 12.1 Å². The van der Waals surface area contributed by atoms with Gasteiger partial charge in [0.1, 0.15) is 11.4 Å². The lowest BCUT2D eigenvalue weighted by Crippen LogP contribution is -2.54. The maximum absolute atomic E-state index is 12.5. The topological polar surface area (TPSA) is 88.7 Å². The second-order valence-corrected chi connectivity index (χ2v) is 7.23. The van der Waals surface area contributed by atoms with Crippen LogP contribution >= 0.6 is 0 Å². The quantitative estimate of drug-likeness (QED) is 0.593. The van der Waals surface area contributed by atoms with Gasteiger partial charge in [-0.25, -0.2) is 0 Å². The molecule has 1 aromatic carbocycles. The summed E-state index contributed by atoms with van der Waals surface area (Å²) >= 11 is 0. The lowest BCUT2D eigenvalue weighted by atomic mass is 9.91. The third-order valence-corrected chi connectivity index (χ3v) is 5.15. The molecule has 0 spiro atoms. The number of hydrogen-bond acceptors (Lipinski definition) is 5. The van der Waals surface area contributed by atoms with Crippen LogP contribution in [0.25, 0.3) is 0 Å². The van der Waals surface area contributed by atoms with Gasteiger partial charge in [-0.3, -0.25) is 9.59 Å². The van der Waals surface area contributed by atoms with Crippen molar-refractivity contribution in [3.8, 4) is 5.75 Å². The lowest BCUT2D eigenvalue weighted by Gasteiger charge is -2.34. The minimum atomic E-state index is -0.704. The van der Waals surface area contributed by atoms with E-state index in [1.807, 2.05) is 24.3 Å². The predicted molar refractivity (Wildman–Crippen MR) is 102 cm³/mol. The molecule has 2 amide bonds. The fraction of sp³-hybridized carbons (Fsp3) is 0.600. The van der Waals surface area contributed by atoms with Crippen molar-refractivity contribution in [1.82, 2.24) is 16.0 Å². The number of amides is 2. The zero-order valence-electron chi connectivity index (χ0n) is 15.9. The van der Waals surface area contributed by atoms with Crippen LogP contribution in [0.4, 0.5) is 0 Å². The van der Waals surface area contributed by atoms with Gasteiger partial charge in [-0.2, -0.15) is 0 Å². The highest BCUT2D eigenvalue weighted by Gasteiger charge is 2.39. The van der Waals surface area contributed by atoms with Crippen molar-refractivity contribution in [3.05, 3.63) is 29.8 Å². The van der Waals surface area contributed by atoms with Gasteiger partial charge in [-0.15, -0.1) is 0 Å². The number of benzene rings is 1. The lowest BCUT2D eigenvalue weighted by molar-refractivity contribution is -0.146. The monoisotopic (exact) mass is 375 g/mol. The van der Waals surface area contributed by atoms with Crippen molar-refractivity contribution in [1.29, 1.82) is 0 Å². The van der Waals surface area contributed by atoms with Gasteiger partial charge >= 0.3 is 0 Å². The highest BCUT2D eigenvalue weighted by Crippen LogP contribution is 2.22. The SMILES string of the molecule is COC1(C(=O)NCCc2ccc(OCC(=O)NC3CC3)cc2)CCNCC1. The number of carbonyl (C=O) groups is 2. The second-order valence-electron chi connectivity index (χ2n) is 7.23. The predicted octanol–water partition coefficient (Wildman–Crippen LogP) is 0.771. The Kier molecular flexibility index (Phi) is 6.68. The summed E-state index contributed by atoms with van der Waals surface area (Å²) in [4.78, 5) is 24.1. The maximum atomic E-state index is 12.5. The van der Waals surface area contributed by atoms with Gasteiger partial charge in [0.25, 0.3) is 11.8 Å². The molecule has 3 rings (SSSR count). The molecule has 1 aromatic rings. The minimum absolute atomic E-state index is 0.0341. The first kappa shape index (κ1) is 19.6. The minimum Gasteiger partial charge on any atom is -0.484 e. The first-order chi connectivity index (χ1) is 13.1. The van der Waals surface area contributed by atoms with Crippen molar-refractivity contribution in [2.75, 3.05) is 33.4 Å². The molecule has 1 saturated heterocycles. The number of carbonyl (C=O) groups excluding carboxylic acids is 2. The summed E-state index contributed by atoms with van der Waals surface area (Å²) in [5, 5.41) is 9.13. The summed E-state index contributed by atoms with van der Waals surface area (Å²) in [6.07, 6.45) is 4.25. The van der Waals surface area contributed by atoms with Crippen LogP contribution in [0.1, 0.15) is 31.2 Å². The molecule has 2 aliphatic rings. The first-order valence-corrected chi connectivity index (χ1v) is 9.66. The summed E-state index contributed by atoms with van der Waals surface area (Å²) in [5.74, 6) is 0.559. The number of ether oxygens (including phenoxy) is 2. The Balaban J connectivity index is 1.39. The molecule has 0 unspecified atom stereocenters. The van der Waals surface area contributed by atoms with E-state index >= 15 is 0 Å². The Morgan fingerprint density at radius 2 is 1.89 bits per heavy atom. The van der Waals surface area contributed by atoms with Crippen LogP contribution < -0.4 is 20.7 Å². The molecular formula is C20H29N3O4. The van der Waals surface area contributed by atoms with Gasteiger partial charge in [0, 0.05) is 19.7 Å². The van der Waals surface area contributed by atoms with Crippen molar-refractivity contribution in [2.24, 2.45) is 0 Å². The highest BCUT2D eigenvalue weighted by atomic mass is 16.5. The van der Waals surface area contributed by atoms with Gasteiger partial charge in [0.05, 0.1) is 0 Å². The van der Waals surface area contributed by atoms with Crippen LogP contribution in [0, 0.1) is 0 Å². The third-order valence-electron chi connectivity index (χ3n) is 5.15. The van der Waals surface area contributed by atoms with Crippen molar-refractivity contribution < 1.29 is 19.1 Å². The summed E-state index contributed by atoms with van der Waals surface area (Å²) in [6.45, 7) is 2.18. The first-order valence-electron chi connectivity index (χ1n) is 9.66. The van der Waals surface area contributed by atoms with E-state index < -0.39 is 5.60 Å². The van der Waals surface area contributed by atoms with E-state index in [1.165, 1.54) is 0 Å². The highest BCUT2D eigenvalue weighted by molar-refractivity contribution is 5.85. The molecule has 27 heavy (non-hydrogen) atoms. The van der Waals surface area contributed by atoms with Crippen LogP contribution in [0.5, 0.6) is 5.75 Å². The fourth-order valence-electron chi connectivity index (χ4n) is 3.23. The summed E-state index contributed by atoms with van der Waals surface area (Å²) in [6, 6.07) is 7.96. The van der Waals surface area contributed by atoms with Crippen molar-refractivity contribution in [3.63, 3.8) is 0 Å². The smallest absolute Gasteiger partial charge is 0.258 e. The molecular weight excluding hydrogens is 346 g/mol. The Labute approximate surface area is 160 Å². The standard InChI is InChI=1S/C20H29N3O4/c1-26-20(9-12-21-13-10-20)19(25)22-11-8-15-2-6-17(7-3-15)27-14-18(24)23-16-4-5-16/h2-3,6-7,16,21H,4-5,8-14H2,1H3,(H,22,25)(H,23,24). The molecule has 7 nitrogen and oxygen atoms in total. The van der Waals surface area contributed by atoms with Gasteiger partial charge < -0.3 is 25.4 Å². The molecule has 0 atom stereocenters. The molecule has 0 aromatic heterocycles. The van der Waals surface area contributed by atoms with Gasteiger partial charge in [0.15, 0.2) is 6.61 Å². The molecule has 0 bridgehead atoms. The largest absolute Gasteiger partial charge is 0.484 e. The third kappa shape index (κ3) is 5.68. The molecule has 3 N–H and O–H groups in total. The molecule has 1 aliphatic heterocycles. The number of nitrogens with one attached hydrogen (secondary N) is 3. The summed E-state index contributed by atoms with van der Waals surface area (Å²) < 4.78 is 11.0. The van der Waals surface area contributed by atoms with E-state index in [2.05, 4.69) is 16.0 Å². The van der Waals surface area contributed by atoms with Crippen LogP contribution in [-0.2, 0) is 20.7 Å². The summed E-state index contributed by atoms with van der Waals surface area (Å²) in [7, 11) is 1.61. The zero-order valence-corrected chi connectivity index (χ0v) is 15.9. The molecule has 2 fully saturated rings. The molecule has 0 radical (unpaired) electrons. The van der Waals surface area contributed by atoms with Crippen molar-refractivity contribution >= 4 is 11.8 Å². The normalized spacial score (nSPS) is 18.6. The zero-order chi connectivity index (χ0) is 19.1. The van der Waals surface area contributed by atoms with E-state index in [1.54, 1.807) is 7.11 Å². The second kappa shape index (κ2) is 9.19. The van der Waals surface area contributed by atoms with E-state index in [4.69, 9.17) is 9.47 Å². The van der Waals surface area contributed by atoms with Crippen molar-refractivity contribution in [2.45, 2.75) is 43.7 Å². The number of rotatable bonds is 9. The number of piperidine rings is 1. The maximum Gasteiger partial charge on any atom is 0.258 e. The Morgan fingerprint density at radius 1 is 1.19 bits per heavy atom.